The van der Waals surface area contributed by atoms with E-state index in [0.29, 0.717) is 19.2 Å². The summed E-state index contributed by atoms with van der Waals surface area (Å²) in [6, 6.07) is -0.0770. The van der Waals surface area contributed by atoms with Crippen molar-refractivity contribution < 1.29 is 14.3 Å². The van der Waals surface area contributed by atoms with Gasteiger partial charge in [-0.15, -0.1) is 0 Å². The molecule has 0 bridgehead atoms. The van der Waals surface area contributed by atoms with Crippen LogP contribution >= 0.6 is 0 Å². The first kappa shape index (κ1) is 17.5. The van der Waals surface area contributed by atoms with Gasteiger partial charge in [-0.25, -0.2) is 4.79 Å². The molecule has 2 N–H and O–H groups in total. The third-order valence-corrected chi connectivity index (χ3v) is 5.54. The summed E-state index contributed by atoms with van der Waals surface area (Å²) in [4.78, 5) is 26.7. The maximum absolute atomic E-state index is 12.5. The van der Waals surface area contributed by atoms with Crippen LogP contribution in [0.5, 0.6) is 0 Å². The van der Waals surface area contributed by atoms with Crippen LogP contribution in [0.4, 0.5) is 4.79 Å². The van der Waals surface area contributed by atoms with E-state index in [4.69, 9.17) is 4.74 Å². The van der Waals surface area contributed by atoms with Gasteiger partial charge in [0, 0.05) is 25.7 Å². The summed E-state index contributed by atoms with van der Waals surface area (Å²) in [6.45, 7) is 2.16. The van der Waals surface area contributed by atoms with Gasteiger partial charge in [0.15, 0.2) is 0 Å². The zero-order valence-electron chi connectivity index (χ0n) is 14.6. The molecule has 2 atom stereocenters. The molecular weight excluding hydrogens is 306 g/mol. The molecule has 3 aliphatic rings. The Morgan fingerprint density at radius 2 is 1.83 bits per heavy atom. The summed E-state index contributed by atoms with van der Waals surface area (Å²) in [5, 5.41) is 6.13. The average Bonchev–Trinajstić information content (AvgIpc) is 3.27. The summed E-state index contributed by atoms with van der Waals surface area (Å²) in [5.74, 6) is -0.00992. The zero-order chi connectivity index (χ0) is 16.8. The Morgan fingerprint density at radius 3 is 2.58 bits per heavy atom. The molecular formula is C18H31N3O3. The summed E-state index contributed by atoms with van der Waals surface area (Å²) in [7, 11) is 0. The minimum atomic E-state index is -0.307. The van der Waals surface area contributed by atoms with Crippen molar-refractivity contribution in [2.75, 3.05) is 19.7 Å². The Morgan fingerprint density at radius 1 is 1.00 bits per heavy atom. The lowest BCUT2D eigenvalue weighted by Crippen LogP contribution is -2.52. The number of hydrogen-bond acceptors (Lipinski definition) is 3. The molecule has 0 radical (unpaired) electrons. The fourth-order valence-electron chi connectivity index (χ4n) is 4.13. The minimum absolute atomic E-state index is 0.00992. The third-order valence-electron chi connectivity index (χ3n) is 5.54. The molecule has 2 saturated heterocycles. The van der Waals surface area contributed by atoms with Gasteiger partial charge in [0.2, 0.25) is 5.91 Å². The van der Waals surface area contributed by atoms with Crippen LogP contribution in [0.25, 0.3) is 0 Å². The van der Waals surface area contributed by atoms with E-state index in [9.17, 15) is 9.59 Å². The number of carbonyl (C=O) groups excluding carboxylic acids is 2. The second-order valence-corrected chi connectivity index (χ2v) is 7.35. The smallest absolute Gasteiger partial charge is 0.318 e. The van der Waals surface area contributed by atoms with Crippen molar-refractivity contribution >= 4 is 11.9 Å². The van der Waals surface area contributed by atoms with Crippen LogP contribution in [0.2, 0.25) is 0 Å². The van der Waals surface area contributed by atoms with Gasteiger partial charge in [-0.3, -0.25) is 4.79 Å². The Hall–Kier alpha value is -1.30. The molecule has 0 aromatic rings. The highest BCUT2D eigenvalue weighted by Crippen LogP contribution is 2.21. The molecule has 6 nitrogen and oxygen atoms in total. The van der Waals surface area contributed by atoms with E-state index in [-0.39, 0.29) is 24.0 Å². The van der Waals surface area contributed by atoms with Crippen LogP contribution in [0.3, 0.4) is 0 Å². The summed E-state index contributed by atoms with van der Waals surface area (Å²) >= 11 is 0. The monoisotopic (exact) mass is 337 g/mol. The van der Waals surface area contributed by atoms with E-state index in [1.54, 1.807) is 4.90 Å². The van der Waals surface area contributed by atoms with Gasteiger partial charge in [-0.2, -0.15) is 0 Å². The number of amides is 3. The predicted molar refractivity (Wildman–Crippen MR) is 91.7 cm³/mol. The molecule has 1 saturated carbocycles. The number of rotatable bonds is 5. The van der Waals surface area contributed by atoms with Gasteiger partial charge in [0.05, 0.1) is 6.10 Å². The molecule has 6 heteroatoms. The summed E-state index contributed by atoms with van der Waals surface area (Å²) in [5.41, 5.74) is 0. The van der Waals surface area contributed by atoms with E-state index >= 15 is 0 Å². The number of nitrogens with one attached hydrogen (secondary N) is 2. The molecule has 1 aliphatic carbocycles. The number of nitrogens with zero attached hydrogens (tertiary/aromatic N) is 1. The summed E-state index contributed by atoms with van der Waals surface area (Å²) < 4.78 is 5.58. The highest BCUT2D eigenvalue weighted by atomic mass is 16.5. The van der Waals surface area contributed by atoms with Crippen molar-refractivity contribution in [3.63, 3.8) is 0 Å². The number of urea groups is 1. The average molecular weight is 337 g/mol. The molecule has 2 aliphatic heterocycles. The molecule has 0 unspecified atom stereocenters. The fraction of sp³-hybridized carbons (Fsp3) is 0.889. The van der Waals surface area contributed by atoms with E-state index in [1.165, 1.54) is 19.3 Å². The van der Waals surface area contributed by atoms with Crippen LogP contribution in [0, 0.1) is 0 Å². The predicted octanol–water partition coefficient (Wildman–Crippen LogP) is 2.18. The normalized spacial score (nSPS) is 28.1. The maximum Gasteiger partial charge on any atom is 0.318 e. The van der Waals surface area contributed by atoms with Crippen LogP contribution < -0.4 is 10.6 Å². The van der Waals surface area contributed by atoms with Crippen molar-refractivity contribution in [1.29, 1.82) is 0 Å². The molecule has 24 heavy (non-hydrogen) atoms. The Balaban J connectivity index is 1.42. The summed E-state index contributed by atoms with van der Waals surface area (Å²) in [6.07, 6.45) is 10.8. The molecule has 0 spiro atoms. The standard InChI is InChI=1S/C18H31N3O3/c22-17(19-11-10-15-8-5-13-24-15)16-9-4-12-21(16)18(23)20-14-6-2-1-3-7-14/h14-16H,1-13H2,(H,19,22)(H,20,23)/t15-,16-/m1/s1. The second kappa shape index (κ2) is 8.70. The Bertz CT molecular complexity index is 431. The molecule has 3 amide bonds. The van der Waals surface area contributed by atoms with Crippen molar-refractivity contribution in [3.05, 3.63) is 0 Å². The SMILES string of the molecule is O=C(NCC[C@H]1CCCO1)[C@H]1CCCN1C(=O)NC1CCCCC1. The molecule has 136 valence electrons. The highest BCUT2D eigenvalue weighted by molar-refractivity contribution is 5.87. The quantitative estimate of drug-likeness (QED) is 0.808. The largest absolute Gasteiger partial charge is 0.378 e. The lowest BCUT2D eigenvalue weighted by Gasteiger charge is -2.29. The van der Waals surface area contributed by atoms with Crippen molar-refractivity contribution in [2.24, 2.45) is 0 Å². The van der Waals surface area contributed by atoms with Gasteiger partial charge < -0.3 is 20.3 Å². The number of carbonyl (C=O) groups is 2. The van der Waals surface area contributed by atoms with Gasteiger partial charge in [0.1, 0.15) is 6.04 Å². The van der Waals surface area contributed by atoms with Crippen LogP contribution in [0.1, 0.15) is 64.2 Å². The lowest BCUT2D eigenvalue weighted by molar-refractivity contribution is -0.124. The van der Waals surface area contributed by atoms with Crippen LogP contribution in [-0.2, 0) is 9.53 Å². The second-order valence-electron chi connectivity index (χ2n) is 7.35. The highest BCUT2D eigenvalue weighted by Gasteiger charge is 2.34. The van der Waals surface area contributed by atoms with Gasteiger partial charge in [-0.1, -0.05) is 19.3 Å². The lowest BCUT2D eigenvalue weighted by atomic mass is 9.96. The number of hydrogen-bond donors (Lipinski definition) is 2. The van der Waals surface area contributed by atoms with Gasteiger partial charge in [0.25, 0.3) is 0 Å². The molecule has 0 aromatic carbocycles. The van der Waals surface area contributed by atoms with Gasteiger partial charge in [-0.05, 0) is 44.9 Å². The van der Waals surface area contributed by atoms with Crippen molar-refractivity contribution in [2.45, 2.75) is 82.4 Å². The third kappa shape index (κ3) is 4.62. The molecule has 2 heterocycles. The fourth-order valence-corrected chi connectivity index (χ4v) is 4.13. The van der Waals surface area contributed by atoms with Crippen molar-refractivity contribution in [1.82, 2.24) is 15.5 Å². The van der Waals surface area contributed by atoms with Crippen molar-refractivity contribution in [3.8, 4) is 0 Å². The first-order chi connectivity index (χ1) is 11.7. The van der Waals surface area contributed by atoms with Crippen LogP contribution in [-0.4, -0.2) is 54.7 Å². The van der Waals surface area contributed by atoms with E-state index in [1.807, 2.05) is 0 Å². The van der Waals surface area contributed by atoms with E-state index in [2.05, 4.69) is 10.6 Å². The van der Waals surface area contributed by atoms with Gasteiger partial charge >= 0.3 is 6.03 Å². The first-order valence-electron chi connectivity index (χ1n) is 9.70. The van der Waals surface area contributed by atoms with E-state index in [0.717, 1.165) is 51.6 Å². The maximum atomic E-state index is 12.5. The molecule has 0 aromatic heterocycles. The van der Waals surface area contributed by atoms with Crippen LogP contribution in [0.15, 0.2) is 0 Å². The topological polar surface area (TPSA) is 70.7 Å². The zero-order valence-corrected chi connectivity index (χ0v) is 14.6. The Kier molecular flexibility index (Phi) is 6.35. The molecule has 3 rings (SSSR count). The number of likely N-dealkylation sites (tertiary alicyclic amines) is 1. The first-order valence-corrected chi connectivity index (χ1v) is 9.70. The minimum Gasteiger partial charge on any atom is -0.378 e. The number of ether oxygens (including phenoxy) is 1. The molecule has 3 fully saturated rings. The van der Waals surface area contributed by atoms with E-state index < -0.39 is 0 Å². The Labute approximate surface area is 144 Å².